The molecule has 0 aromatic heterocycles. The summed E-state index contributed by atoms with van der Waals surface area (Å²) in [5, 5.41) is 3.05. The van der Waals surface area contributed by atoms with Gasteiger partial charge in [-0.15, -0.1) is 0 Å². The molecule has 2 atom stereocenters. The number of rotatable bonds is 6. The molecule has 1 aromatic rings. The van der Waals surface area contributed by atoms with E-state index in [-0.39, 0.29) is 17.4 Å². The van der Waals surface area contributed by atoms with Crippen molar-refractivity contribution in [3.8, 4) is 0 Å². The van der Waals surface area contributed by atoms with Crippen LogP contribution < -0.4 is 5.32 Å². The zero-order valence-corrected chi connectivity index (χ0v) is 10.8. The van der Waals surface area contributed by atoms with Crippen LogP contribution in [-0.4, -0.2) is 22.3 Å². The third-order valence-corrected chi connectivity index (χ3v) is 4.03. The van der Waals surface area contributed by atoms with Crippen LogP contribution in [-0.2, 0) is 17.3 Å². The van der Waals surface area contributed by atoms with Gasteiger partial charge in [0.25, 0.3) is 0 Å². The van der Waals surface area contributed by atoms with Gasteiger partial charge in [-0.1, -0.05) is 13.0 Å². The highest BCUT2D eigenvalue weighted by Gasteiger charge is 2.08. The van der Waals surface area contributed by atoms with Gasteiger partial charge in [0.2, 0.25) is 0 Å². The Bertz CT molecular complexity index is 378. The van der Waals surface area contributed by atoms with E-state index in [1.807, 2.05) is 6.92 Å². The zero-order chi connectivity index (χ0) is 12.8. The summed E-state index contributed by atoms with van der Waals surface area (Å²) < 4.78 is 37.6. The minimum absolute atomic E-state index is 0.0535. The molecule has 2 unspecified atom stereocenters. The Balaban J connectivity index is 2.39. The van der Waals surface area contributed by atoms with E-state index in [0.717, 1.165) is 6.42 Å². The van der Waals surface area contributed by atoms with Crippen LogP contribution in [0.3, 0.4) is 0 Å². The Morgan fingerprint density at radius 3 is 2.47 bits per heavy atom. The lowest BCUT2D eigenvalue weighted by Crippen LogP contribution is -2.21. The summed E-state index contributed by atoms with van der Waals surface area (Å²) in [4.78, 5) is 0. The van der Waals surface area contributed by atoms with Crippen molar-refractivity contribution >= 4 is 10.8 Å². The van der Waals surface area contributed by atoms with Gasteiger partial charge in [-0.05, 0) is 25.1 Å². The normalized spacial score (nSPS) is 14.6. The third kappa shape index (κ3) is 4.52. The molecule has 2 nitrogen and oxygen atoms in total. The number of benzene rings is 1. The maximum Gasteiger partial charge on any atom is 0.130 e. The summed E-state index contributed by atoms with van der Waals surface area (Å²) in [5.41, 5.74) is 0.0535. The fourth-order valence-electron chi connectivity index (χ4n) is 1.39. The Labute approximate surface area is 103 Å². The second-order valence-corrected chi connectivity index (χ2v) is 5.78. The first-order chi connectivity index (χ1) is 8.02. The highest BCUT2D eigenvalue weighted by Crippen LogP contribution is 2.11. The number of nitrogens with one attached hydrogen (secondary N) is 1. The van der Waals surface area contributed by atoms with E-state index in [9.17, 15) is 13.0 Å². The Hall–Kier alpha value is -0.810. The first kappa shape index (κ1) is 14.3. The fraction of sp³-hybridized carbons (Fsp3) is 0.500. The predicted octanol–water partition coefficient (Wildman–Crippen LogP) is 2.21. The molecule has 0 aliphatic heterocycles. The molecular formula is C12H17F2NOS. The van der Waals surface area contributed by atoms with E-state index in [1.54, 1.807) is 6.26 Å². The van der Waals surface area contributed by atoms with Gasteiger partial charge in [0.1, 0.15) is 11.6 Å². The monoisotopic (exact) mass is 261 g/mol. The van der Waals surface area contributed by atoms with Crippen molar-refractivity contribution in [3.63, 3.8) is 0 Å². The Morgan fingerprint density at radius 1 is 1.35 bits per heavy atom. The molecule has 0 radical (unpaired) electrons. The fourth-order valence-corrected chi connectivity index (χ4v) is 1.84. The molecule has 0 spiro atoms. The van der Waals surface area contributed by atoms with Crippen LogP contribution in [0.5, 0.6) is 0 Å². The SMILES string of the molecule is CC(CCNCc1c(F)cccc1F)S(C)=O. The van der Waals surface area contributed by atoms with Crippen LogP contribution in [0.4, 0.5) is 8.78 Å². The quantitative estimate of drug-likeness (QED) is 0.796. The van der Waals surface area contributed by atoms with Crippen LogP contribution >= 0.6 is 0 Å². The summed E-state index contributed by atoms with van der Waals surface area (Å²) in [5.74, 6) is -1.07. The van der Waals surface area contributed by atoms with Crippen molar-refractivity contribution in [2.24, 2.45) is 0 Å². The lowest BCUT2D eigenvalue weighted by atomic mass is 10.2. The van der Waals surface area contributed by atoms with Crippen molar-refractivity contribution < 1.29 is 13.0 Å². The van der Waals surface area contributed by atoms with Crippen LogP contribution in [0.15, 0.2) is 18.2 Å². The molecule has 17 heavy (non-hydrogen) atoms. The molecule has 1 N–H and O–H groups in total. The average Bonchev–Trinajstić information content (AvgIpc) is 2.27. The third-order valence-electron chi connectivity index (χ3n) is 2.66. The molecule has 0 amide bonds. The van der Waals surface area contributed by atoms with Gasteiger partial charge in [0, 0.05) is 34.4 Å². The summed E-state index contributed by atoms with van der Waals surface area (Å²) >= 11 is 0. The smallest absolute Gasteiger partial charge is 0.130 e. The molecule has 5 heteroatoms. The van der Waals surface area contributed by atoms with E-state index in [4.69, 9.17) is 0 Å². The average molecular weight is 261 g/mol. The van der Waals surface area contributed by atoms with Crippen molar-refractivity contribution in [3.05, 3.63) is 35.4 Å². The molecule has 96 valence electrons. The van der Waals surface area contributed by atoms with Crippen molar-refractivity contribution in [1.29, 1.82) is 0 Å². The standard InChI is InChI=1S/C12H17F2NOS/c1-9(17(2)16)6-7-15-8-10-11(13)4-3-5-12(10)14/h3-5,9,15H,6-8H2,1-2H3. The number of halogens is 2. The van der Waals surface area contributed by atoms with Gasteiger partial charge >= 0.3 is 0 Å². The van der Waals surface area contributed by atoms with E-state index >= 15 is 0 Å². The minimum Gasteiger partial charge on any atom is -0.312 e. The Morgan fingerprint density at radius 2 is 1.94 bits per heavy atom. The largest absolute Gasteiger partial charge is 0.312 e. The van der Waals surface area contributed by atoms with E-state index in [2.05, 4.69) is 5.32 Å². The molecular weight excluding hydrogens is 244 g/mol. The molecule has 0 fully saturated rings. The maximum absolute atomic E-state index is 13.2. The highest BCUT2D eigenvalue weighted by molar-refractivity contribution is 7.84. The van der Waals surface area contributed by atoms with Crippen LogP contribution in [0.2, 0.25) is 0 Å². The van der Waals surface area contributed by atoms with Crippen molar-refractivity contribution in [2.75, 3.05) is 12.8 Å². The topological polar surface area (TPSA) is 29.1 Å². The molecule has 0 heterocycles. The van der Waals surface area contributed by atoms with E-state index in [0.29, 0.717) is 6.54 Å². The van der Waals surface area contributed by atoms with Crippen LogP contribution in [0.1, 0.15) is 18.9 Å². The van der Waals surface area contributed by atoms with Gasteiger partial charge in [0.15, 0.2) is 0 Å². The first-order valence-electron chi connectivity index (χ1n) is 5.48. The summed E-state index contributed by atoms with van der Waals surface area (Å²) in [6.45, 7) is 2.64. The van der Waals surface area contributed by atoms with Crippen molar-refractivity contribution in [1.82, 2.24) is 5.32 Å². The van der Waals surface area contributed by atoms with Crippen LogP contribution in [0.25, 0.3) is 0 Å². The molecule has 1 aromatic carbocycles. The Kier molecular flexibility index (Phi) is 5.71. The minimum atomic E-state index is -0.855. The van der Waals surface area contributed by atoms with Gasteiger partial charge in [0.05, 0.1) is 0 Å². The molecule has 0 bridgehead atoms. The predicted molar refractivity (Wildman–Crippen MR) is 66.2 cm³/mol. The second kappa shape index (κ2) is 6.81. The van der Waals surface area contributed by atoms with Crippen molar-refractivity contribution in [2.45, 2.75) is 25.1 Å². The lowest BCUT2D eigenvalue weighted by Gasteiger charge is -2.10. The van der Waals surface area contributed by atoms with Gasteiger partial charge in [-0.2, -0.15) is 0 Å². The van der Waals surface area contributed by atoms with Crippen LogP contribution in [0, 0.1) is 11.6 Å². The van der Waals surface area contributed by atoms with Gasteiger partial charge < -0.3 is 5.32 Å². The maximum atomic E-state index is 13.2. The van der Waals surface area contributed by atoms with E-state index < -0.39 is 22.4 Å². The molecule has 0 aliphatic rings. The summed E-state index contributed by atoms with van der Waals surface area (Å²) in [6, 6.07) is 3.82. The van der Waals surface area contributed by atoms with E-state index in [1.165, 1.54) is 18.2 Å². The summed E-state index contributed by atoms with van der Waals surface area (Å²) in [7, 11) is -0.855. The molecule has 0 saturated carbocycles. The molecule has 1 rings (SSSR count). The highest BCUT2D eigenvalue weighted by atomic mass is 32.2. The number of hydrogen-bond donors (Lipinski definition) is 1. The number of hydrogen-bond acceptors (Lipinski definition) is 2. The summed E-state index contributed by atoms with van der Waals surface area (Å²) in [6.07, 6.45) is 2.38. The van der Waals surface area contributed by atoms with Gasteiger partial charge in [-0.25, -0.2) is 8.78 Å². The first-order valence-corrected chi connectivity index (χ1v) is 7.10. The zero-order valence-electron chi connectivity index (χ0n) is 10.0. The van der Waals surface area contributed by atoms with Gasteiger partial charge in [-0.3, -0.25) is 4.21 Å². The lowest BCUT2D eigenvalue weighted by molar-refractivity contribution is 0.531. The second-order valence-electron chi connectivity index (χ2n) is 3.97. The molecule has 0 aliphatic carbocycles. The molecule has 0 saturated heterocycles.